The van der Waals surface area contributed by atoms with E-state index in [1.54, 1.807) is 6.07 Å². The molecule has 0 radical (unpaired) electrons. The van der Waals surface area contributed by atoms with Gasteiger partial charge in [0.2, 0.25) is 0 Å². The van der Waals surface area contributed by atoms with Gasteiger partial charge >= 0.3 is 0 Å². The van der Waals surface area contributed by atoms with Crippen molar-refractivity contribution in [2.24, 2.45) is 0 Å². The molecule has 0 saturated carbocycles. The van der Waals surface area contributed by atoms with Gasteiger partial charge in [0.15, 0.2) is 0 Å². The summed E-state index contributed by atoms with van der Waals surface area (Å²) in [6.45, 7) is 1.84. The summed E-state index contributed by atoms with van der Waals surface area (Å²) >= 11 is 7.41. The Morgan fingerprint density at radius 3 is 2.47 bits per heavy atom. The summed E-state index contributed by atoms with van der Waals surface area (Å²) in [5, 5.41) is 2.35. The zero-order valence-corrected chi connectivity index (χ0v) is 13.5. The van der Waals surface area contributed by atoms with Crippen LogP contribution in [-0.2, 0) is 0 Å². The van der Waals surface area contributed by atoms with Crippen molar-refractivity contribution in [3.05, 3.63) is 48.5 Å². The van der Waals surface area contributed by atoms with E-state index in [1.165, 1.54) is 11.3 Å². The molecular weight excluding hydrogens is 404 g/mol. The lowest BCUT2D eigenvalue weighted by atomic mass is 10.2. The van der Waals surface area contributed by atoms with E-state index in [0.717, 1.165) is 21.5 Å². The number of benzene rings is 1. The highest BCUT2D eigenvalue weighted by atomic mass is 79.9. The van der Waals surface area contributed by atoms with Crippen molar-refractivity contribution < 1.29 is 13.6 Å². The maximum absolute atomic E-state index is 13.6. The monoisotopic (exact) mass is 409 g/mol. The summed E-state index contributed by atoms with van der Waals surface area (Å²) < 4.78 is 27.7. The maximum Gasteiger partial charge on any atom is 0.265 e. The number of carbonyl (C=O) groups is 1. The predicted octanol–water partition coefficient (Wildman–Crippen LogP) is 5.11. The van der Waals surface area contributed by atoms with E-state index in [1.807, 2.05) is 6.92 Å². The molecule has 0 aliphatic rings. The van der Waals surface area contributed by atoms with E-state index >= 15 is 0 Å². The van der Waals surface area contributed by atoms with E-state index in [9.17, 15) is 13.6 Å². The van der Waals surface area contributed by atoms with Crippen LogP contribution >= 0.6 is 43.2 Å². The number of nitrogens with one attached hydrogen (secondary N) is 1. The van der Waals surface area contributed by atoms with Crippen LogP contribution in [-0.4, -0.2) is 5.91 Å². The quantitative estimate of drug-likeness (QED) is 0.684. The van der Waals surface area contributed by atoms with Crippen LogP contribution in [0, 0.1) is 18.6 Å². The average molecular weight is 411 g/mol. The molecule has 0 fully saturated rings. The normalized spacial score (nSPS) is 10.6. The molecular formula is C12H7Br2F2NOS. The summed E-state index contributed by atoms with van der Waals surface area (Å²) in [5.41, 5.74) is 0.727. The molecule has 7 heteroatoms. The molecule has 0 spiro atoms. The first kappa shape index (κ1) is 14.6. The molecule has 2 nitrogen and oxygen atoms in total. The second-order valence-corrected chi connectivity index (χ2v) is 6.99. The SMILES string of the molecule is Cc1cc(C(=O)Nc2cc(F)c(Br)cc2F)sc1Br. The minimum absolute atomic E-state index is 0.0118. The molecule has 1 aromatic heterocycles. The zero-order chi connectivity index (χ0) is 14.2. The Labute approximate surface area is 129 Å². The van der Waals surface area contributed by atoms with Crippen LogP contribution in [0.25, 0.3) is 0 Å². The summed E-state index contributed by atoms with van der Waals surface area (Å²) in [4.78, 5) is 12.3. The Hall–Kier alpha value is -0.790. The van der Waals surface area contributed by atoms with E-state index in [0.29, 0.717) is 4.88 Å². The van der Waals surface area contributed by atoms with Crippen molar-refractivity contribution in [2.75, 3.05) is 5.32 Å². The minimum Gasteiger partial charge on any atom is -0.319 e. The lowest BCUT2D eigenvalue weighted by Gasteiger charge is -2.06. The van der Waals surface area contributed by atoms with Gasteiger partial charge in [-0.2, -0.15) is 0 Å². The number of anilines is 1. The lowest BCUT2D eigenvalue weighted by Crippen LogP contribution is -2.11. The van der Waals surface area contributed by atoms with Crippen molar-refractivity contribution in [3.63, 3.8) is 0 Å². The molecule has 1 N–H and O–H groups in total. The molecule has 0 aliphatic heterocycles. The Morgan fingerprint density at radius 1 is 1.21 bits per heavy atom. The number of rotatable bonds is 2. The van der Waals surface area contributed by atoms with Crippen LogP contribution in [0.2, 0.25) is 0 Å². The third-order valence-corrected chi connectivity index (χ3v) is 5.08. The van der Waals surface area contributed by atoms with Gasteiger partial charge in [-0.15, -0.1) is 11.3 Å². The molecule has 1 heterocycles. The van der Waals surface area contributed by atoms with Crippen molar-refractivity contribution in [3.8, 4) is 0 Å². The number of halogens is 4. The van der Waals surface area contributed by atoms with Crippen molar-refractivity contribution in [2.45, 2.75) is 6.92 Å². The Balaban J connectivity index is 2.26. The number of thiophene rings is 1. The molecule has 1 aromatic carbocycles. The van der Waals surface area contributed by atoms with Gasteiger partial charge in [0.25, 0.3) is 5.91 Å². The fourth-order valence-electron chi connectivity index (χ4n) is 1.37. The Bertz CT molecular complexity index is 638. The third-order valence-electron chi connectivity index (χ3n) is 2.34. The first-order chi connectivity index (χ1) is 8.88. The van der Waals surface area contributed by atoms with Crippen LogP contribution in [0.4, 0.5) is 14.5 Å². The number of hydrogen-bond donors (Lipinski definition) is 1. The van der Waals surface area contributed by atoms with Crippen LogP contribution in [0.15, 0.2) is 26.5 Å². The van der Waals surface area contributed by atoms with Crippen LogP contribution in [0.3, 0.4) is 0 Å². The summed E-state index contributed by atoms with van der Waals surface area (Å²) in [6, 6.07) is 3.59. The molecule has 0 bridgehead atoms. The van der Waals surface area contributed by atoms with Gasteiger partial charge in [-0.05, 0) is 56.5 Å². The van der Waals surface area contributed by atoms with Gasteiger partial charge < -0.3 is 5.32 Å². The number of hydrogen-bond acceptors (Lipinski definition) is 2. The highest BCUT2D eigenvalue weighted by Gasteiger charge is 2.15. The van der Waals surface area contributed by atoms with E-state index in [-0.39, 0.29) is 10.2 Å². The highest BCUT2D eigenvalue weighted by molar-refractivity contribution is 9.11. The average Bonchev–Trinajstić information content (AvgIpc) is 2.67. The summed E-state index contributed by atoms with van der Waals surface area (Å²) in [6.07, 6.45) is 0. The first-order valence-electron chi connectivity index (χ1n) is 5.10. The zero-order valence-electron chi connectivity index (χ0n) is 9.56. The second kappa shape index (κ2) is 5.68. The molecule has 0 saturated heterocycles. The molecule has 0 unspecified atom stereocenters. The van der Waals surface area contributed by atoms with Gasteiger partial charge in [0.1, 0.15) is 11.6 Å². The molecule has 2 aromatic rings. The van der Waals surface area contributed by atoms with Crippen molar-refractivity contribution >= 4 is 54.8 Å². The van der Waals surface area contributed by atoms with E-state index in [2.05, 4.69) is 37.2 Å². The van der Waals surface area contributed by atoms with Crippen molar-refractivity contribution in [1.82, 2.24) is 0 Å². The smallest absolute Gasteiger partial charge is 0.265 e. The Kier molecular flexibility index (Phi) is 4.37. The summed E-state index contributed by atoms with van der Waals surface area (Å²) in [7, 11) is 0. The first-order valence-corrected chi connectivity index (χ1v) is 7.50. The fourth-order valence-corrected chi connectivity index (χ4v) is 3.12. The van der Waals surface area contributed by atoms with Gasteiger partial charge in [-0.3, -0.25) is 4.79 Å². The Morgan fingerprint density at radius 2 is 1.89 bits per heavy atom. The van der Waals surface area contributed by atoms with E-state index in [4.69, 9.17) is 0 Å². The number of carbonyl (C=O) groups excluding carboxylic acids is 1. The van der Waals surface area contributed by atoms with Crippen molar-refractivity contribution in [1.29, 1.82) is 0 Å². The maximum atomic E-state index is 13.6. The molecule has 0 aliphatic carbocycles. The number of aryl methyl sites for hydroxylation is 1. The van der Waals surface area contributed by atoms with E-state index < -0.39 is 17.5 Å². The van der Waals surface area contributed by atoms with Gasteiger partial charge in [0.05, 0.1) is 18.8 Å². The topological polar surface area (TPSA) is 29.1 Å². The molecule has 1 amide bonds. The highest BCUT2D eigenvalue weighted by Crippen LogP contribution is 2.29. The second-order valence-electron chi connectivity index (χ2n) is 3.77. The predicted molar refractivity (Wildman–Crippen MR) is 78.8 cm³/mol. The lowest BCUT2D eigenvalue weighted by molar-refractivity contribution is 0.103. The summed E-state index contributed by atoms with van der Waals surface area (Å²) in [5.74, 6) is -1.81. The standard InChI is InChI=1S/C12H7Br2F2NOS/c1-5-2-10(19-11(5)14)12(18)17-9-4-7(15)6(13)3-8(9)16/h2-4H,1H3,(H,17,18). The van der Waals surface area contributed by atoms with Crippen LogP contribution in [0.5, 0.6) is 0 Å². The van der Waals surface area contributed by atoms with Crippen LogP contribution < -0.4 is 5.32 Å². The van der Waals surface area contributed by atoms with Gasteiger partial charge in [-0.25, -0.2) is 8.78 Å². The fraction of sp³-hybridized carbons (Fsp3) is 0.0833. The molecule has 2 rings (SSSR count). The molecule has 100 valence electrons. The largest absolute Gasteiger partial charge is 0.319 e. The number of amides is 1. The van der Waals surface area contributed by atoms with Gasteiger partial charge in [0, 0.05) is 6.07 Å². The van der Waals surface area contributed by atoms with Gasteiger partial charge in [-0.1, -0.05) is 0 Å². The minimum atomic E-state index is -0.700. The van der Waals surface area contributed by atoms with Crippen LogP contribution in [0.1, 0.15) is 15.2 Å². The third kappa shape index (κ3) is 3.21. The molecule has 19 heavy (non-hydrogen) atoms. The molecule has 0 atom stereocenters.